The molecule has 0 aliphatic carbocycles. The van der Waals surface area contributed by atoms with Crippen LogP contribution in [0.5, 0.6) is 5.75 Å². The molecule has 1 aromatic heterocycles. The third kappa shape index (κ3) is 2.91. The molecular weight excluding hydrogens is 214 g/mol. The Morgan fingerprint density at radius 3 is 2.59 bits per heavy atom. The molecule has 0 N–H and O–H groups in total. The first-order valence-electron chi connectivity index (χ1n) is 5.39. The van der Waals surface area contributed by atoms with Gasteiger partial charge in [-0.1, -0.05) is 12.1 Å². The van der Waals surface area contributed by atoms with Crippen LogP contribution in [0.3, 0.4) is 0 Å². The summed E-state index contributed by atoms with van der Waals surface area (Å²) >= 11 is 0. The van der Waals surface area contributed by atoms with Crippen molar-refractivity contribution in [3.05, 3.63) is 59.9 Å². The van der Waals surface area contributed by atoms with Gasteiger partial charge in [-0.2, -0.15) is 0 Å². The number of carbonyl (C=O) groups is 1. The Bertz CT molecular complexity index is 509. The Hall–Kier alpha value is -2.16. The zero-order valence-electron chi connectivity index (χ0n) is 9.59. The van der Waals surface area contributed by atoms with Crippen LogP contribution in [0.4, 0.5) is 0 Å². The minimum Gasteiger partial charge on any atom is -0.488 e. The molecule has 0 unspecified atom stereocenters. The van der Waals surface area contributed by atoms with E-state index in [4.69, 9.17) is 4.74 Å². The summed E-state index contributed by atoms with van der Waals surface area (Å²) in [5.41, 5.74) is 1.64. The van der Waals surface area contributed by atoms with Crippen LogP contribution in [0.2, 0.25) is 0 Å². The number of para-hydroxylation sites is 1. The molecule has 2 rings (SSSR count). The minimum absolute atomic E-state index is 0.00956. The predicted octanol–water partition coefficient (Wildman–Crippen LogP) is 2.86. The summed E-state index contributed by atoms with van der Waals surface area (Å²) < 4.78 is 5.64. The summed E-state index contributed by atoms with van der Waals surface area (Å²) in [5, 5.41) is 0. The molecule has 0 saturated carbocycles. The van der Waals surface area contributed by atoms with Gasteiger partial charge in [-0.25, -0.2) is 0 Å². The zero-order chi connectivity index (χ0) is 12.1. The van der Waals surface area contributed by atoms with E-state index in [9.17, 15) is 4.79 Å². The molecule has 3 nitrogen and oxygen atoms in total. The maximum absolute atomic E-state index is 11.4. The maximum Gasteiger partial charge on any atom is 0.163 e. The SMILES string of the molecule is CC(=O)c1ccccc1OCc1ccncc1. The molecule has 0 bridgehead atoms. The number of hydrogen-bond acceptors (Lipinski definition) is 3. The van der Waals surface area contributed by atoms with Crippen molar-refractivity contribution in [1.82, 2.24) is 4.98 Å². The molecule has 0 atom stereocenters. The number of carbonyl (C=O) groups excluding carboxylic acids is 1. The van der Waals surface area contributed by atoms with Gasteiger partial charge in [0.15, 0.2) is 5.78 Å². The molecule has 0 spiro atoms. The first-order chi connectivity index (χ1) is 8.27. The summed E-state index contributed by atoms with van der Waals surface area (Å²) in [4.78, 5) is 15.3. The van der Waals surface area contributed by atoms with Gasteiger partial charge in [-0.3, -0.25) is 9.78 Å². The molecule has 0 radical (unpaired) electrons. The van der Waals surface area contributed by atoms with Gasteiger partial charge in [0.05, 0.1) is 5.56 Å². The first kappa shape index (κ1) is 11.3. The third-order valence-corrected chi connectivity index (χ3v) is 2.41. The van der Waals surface area contributed by atoms with Gasteiger partial charge in [-0.05, 0) is 36.8 Å². The van der Waals surface area contributed by atoms with Crippen LogP contribution in [0.25, 0.3) is 0 Å². The highest BCUT2D eigenvalue weighted by molar-refractivity contribution is 5.96. The van der Waals surface area contributed by atoms with Crippen LogP contribution in [-0.2, 0) is 6.61 Å². The molecule has 1 heterocycles. The highest BCUT2D eigenvalue weighted by atomic mass is 16.5. The second-order valence-corrected chi connectivity index (χ2v) is 3.70. The second-order valence-electron chi connectivity index (χ2n) is 3.70. The maximum atomic E-state index is 11.4. The Balaban J connectivity index is 2.12. The fourth-order valence-electron chi connectivity index (χ4n) is 1.52. The van der Waals surface area contributed by atoms with Gasteiger partial charge in [0.1, 0.15) is 12.4 Å². The number of pyridine rings is 1. The number of hydrogen-bond donors (Lipinski definition) is 0. The van der Waals surface area contributed by atoms with Crippen molar-refractivity contribution in [2.45, 2.75) is 13.5 Å². The van der Waals surface area contributed by atoms with Crippen LogP contribution in [0.1, 0.15) is 22.8 Å². The molecule has 0 fully saturated rings. The number of nitrogens with zero attached hydrogens (tertiary/aromatic N) is 1. The minimum atomic E-state index is 0.00956. The lowest BCUT2D eigenvalue weighted by molar-refractivity contribution is 0.101. The third-order valence-electron chi connectivity index (χ3n) is 2.41. The molecular formula is C14H13NO2. The largest absolute Gasteiger partial charge is 0.488 e. The summed E-state index contributed by atoms with van der Waals surface area (Å²) in [6.07, 6.45) is 3.44. The van der Waals surface area contributed by atoms with Crippen LogP contribution in [0.15, 0.2) is 48.8 Å². The van der Waals surface area contributed by atoms with Crippen LogP contribution < -0.4 is 4.74 Å². The van der Waals surface area contributed by atoms with E-state index >= 15 is 0 Å². The Labute approximate surface area is 100 Å². The van der Waals surface area contributed by atoms with Crippen LogP contribution >= 0.6 is 0 Å². The van der Waals surface area contributed by atoms with Gasteiger partial charge in [-0.15, -0.1) is 0 Å². The lowest BCUT2D eigenvalue weighted by atomic mass is 10.1. The molecule has 0 aliphatic rings. The number of aromatic nitrogens is 1. The fraction of sp³-hybridized carbons (Fsp3) is 0.143. The van der Waals surface area contributed by atoms with E-state index in [0.717, 1.165) is 5.56 Å². The van der Waals surface area contributed by atoms with Gasteiger partial charge < -0.3 is 4.74 Å². The Morgan fingerprint density at radius 1 is 1.18 bits per heavy atom. The van der Waals surface area contributed by atoms with Crippen molar-refractivity contribution in [3.63, 3.8) is 0 Å². The summed E-state index contributed by atoms with van der Waals surface area (Å²) in [7, 11) is 0. The summed E-state index contributed by atoms with van der Waals surface area (Å²) in [6, 6.07) is 11.0. The van der Waals surface area contributed by atoms with Crippen molar-refractivity contribution in [3.8, 4) is 5.75 Å². The summed E-state index contributed by atoms with van der Waals surface area (Å²) in [5.74, 6) is 0.632. The highest BCUT2D eigenvalue weighted by Crippen LogP contribution is 2.19. The number of Topliss-reactive ketones (excluding diaryl/α,β-unsaturated/α-hetero) is 1. The van der Waals surface area contributed by atoms with E-state index in [-0.39, 0.29) is 5.78 Å². The second kappa shape index (κ2) is 5.25. The van der Waals surface area contributed by atoms with Gasteiger partial charge >= 0.3 is 0 Å². The van der Waals surface area contributed by atoms with Crippen molar-refractivity contribution in [1.29, 1.82) is 0 Å². The topological polar surface area (TPSA) is 39.2 Å². The average molecular weight is 227 g/mol. The molecule has 2 aromatic rings. The normalized spacial score (nSPS) is 9.94. The molecule has 86 valence electrons. The molecule has 0 amide bonds. The standard InChI is InChI=1S/C14H13NO2/c1-11(16)13-4-2-3-5-14(13)17-10-12-6-8-15-9-7-12/h2-9H,10H2,1H3. The number of rotatable bonds is 4. The Morgan fingerprint density at radius 2 is 1.88 bits per heavy atom. The van der Waals surface area contributed by atoms with Gasteiger partial charge in [0.25, 0.3) is 0 Å². The smallest absolute Gasteiger partial charge is 0.163 e. The summed E-state index contributed by atoms with van der Waals surface area (Å²) in [6.45, 7) is 1.97. The molecule has 3 heteroatoms. The van der Waals surface area contributed by atoms with E-state index in [2.05, 4.69) is 4.98 Å². The van der Waals surface area contributed by atoms with Crippen molar-refractivity contribution in [2.24, 2.45) is 0 Å². The van der Waals surface area contributed by atoms with E-state index in [1.165, 1.54) is 6.92 Å². The molecule has 1 aromatic carbocycles. The highest BCUT2D eigenvalue weighted by Gasteiger charge is 2.06. The lowest BCUT2D eigenvalue weighted by Gasteiger charge is -2.09. The Kier molecular flexibility index (Phi) is 3.50. The van der Waals surface area contributed by atoms with Crippen LogP contribution in [-0.4, -0.2) is 10.8 Å². The quantitative estimate of drug-likeness (QED) is 0.754. The number of ether oxygens (including phenoxy) is 1. The van der Waals surface area contributed by atoms with Gasteiger partial charge in [0, 0.05) is 12.4 Å². The molecule has 17 heavy (non-hydrogen) atoms. The monoisotopic (exact) mass is 227 g/mol. The number of benzene rings is 1. The van der Waals surface area contributed by atoms with Crippen molar-refractivity contribution < 1.29 is 9.53 Å². The number of ketones is 1. The first-order valence-corrected chi connectivity index (χ1v) is 5.39. The van der Waals surface area contributed by atoms with Crippen molar-refractivity contribution in [2.75, 3.05) is 0 Å². The van der Waals surface area contributed by atoms with E-state index in [1.807, 2.05) is 24.3 Å². The molecule has 0 saturated heterocycles. The molecule has 0 aliphatic heterocycles. The van der Waals surface area contributed by atoms with E-state index in [0.29, 0.717) is 17.9 Å². The zero-order valence-corrected chi connectivity index (χ0v) is 9.59. The van der Waals surface area contributed by atoms with Crippen LogP contribution in [0, 0.1) is 0 Å². The fourth-order valence-corrected chi connectivity index (χ4v) is 1.52. The predicted molar refractivity (Wildman–Crippen MR) is 65.0 cm³/mol. The average Bonchev–Trinajstić information content (AvgIpc) is 2.38. The van der Waals surface area contributed by atoms with Crippen molar-refractivity contribution >= 4 is 5.78 Å². The van der Waals surface area contributed by atoms with Gasteiger partial charge in [0.2, 0.25) is 0 Å². The van der Waals surface area contributed by atoms with E-state index < -0.39 is 0 Å². The lowest BCUT2D eigenvalue weighted by Crippen LogP contribution is -2.01. The van der Waals surface area contributed by atoms with E-state index in [1.54, 1.807) is 24.5 Å².